The number of ether oxygens (including phenoxy) is 2. The van der Waals surface area contributed by atoms with Crippen LogP contribution in [-0.4, -0.2) is 76.2 Å². The summed E-state index contributed by atoms with van der Waals surface area (Å²) >= 11 is 0. The SMILES string of the molecule is COC1C(O)C(O)C(OCOO)C(O)C1O. The van der Waals surface area contributed by atoms with Gasteiger partial charge in [0.2, 0.25) is 0 Å². The van der Waals surface area contributed by atoms with Gasteiger partial charge in [-0.1, -0.05) is 0 Å². The molecule has 1 rings (SSSR count). The van der Waals surface area contributed by atoms with E-state index in [0.29, 0.717) is 0 Å². The summed E-state index contributed by atoms with van der Waals surface area (Å²) in [5.74, 6) is 0. The Balaban J connectivity index is 2.72. The molecule has 0 spiro atoms. The largest absolute Gasteiger partial charge is 0.387 e. The minimum atomic E-state index is -1.46. The molecule has 0 bridgehead atoms. The summed E-state index contributed by atoms with van der Waals surface area (Å²) in [7, 11) is 1.23. The molecule has 1 saturated carbocycles. The molecular weight excluding hydrogens is 224 g/mol. The third-order valence-electron chi connectivity index (χ3n) is 2.63. The summed E-state index contributed by atoms with van der Waals surface area (Å²) in [5, 5.41) is 46.4. The van der Waals surface area contributed by atoms with Crippen molar-refractivity contribution >= 4 is 0 Å². The predicted octanol–water partition coefficient (Wildman–Crippen LogP) is -2.71. The minimum absolute atomic E-state index is 0.601. The van der Waals surface area contributed by atoms with E-state index in [1.807, 2.05) is 0 Å². The van der Waals surface area contributed by atoms with E-state index in [1.54, 1.807) is 0 Å². The molecule has 4 atom stereocenters. The van der Waals surface area contributed by atoms with Gasteiger partial charge in [0, 0.05) is 7.11 Å². The number of hydrogen-bond acceptors (Lipinski definition) is 8. The predicted molar refractivity (Wildman–Crippen MR) is 48.3 cm³/mol. The zero-order valence-corrected chi connectivity index (χ0v) is 8.63. The first-order valence-electron chi connectivity index (χ1n) is 4.67. The van der Waals surface area contributed by atoms with Crippen LogP contribution in [0.25, 0.3) is 0 Å². The van der Waals surface area contributed by atoms with Gasteiger partial charge in [-0.3, -0.25) is 0 Å². The Morgan fingerprint density at radius 2 is 1.31 bits per heavy atom. The third kappa shape index (κ3) is 2.50. The monoisotopic (exact) mass is 240 g/mol. The lowest BCUT2D eigenvalue weighted by molar-refractivity contribution is -0.328. The fraction of sp³-hybridized carbons (Fsp3) is 1.00. The van der Waals surface area contributed by atoms with Crippen LogP contribution in [0.1, 0.15) is 0 Å². The van der Waals surface area contributed by atoms with Gasteiger partial charge in [0.25, 0.3) is 0 Å². The van der Waals surface area contributed by atoms with Crippen molar-refractivity contribution in [2.24, 2.45) is 0 Å². The molecule has 0 aliphatic heterocycles. The highest BCUT2D eigenvalue weighted by molar-refractivity contribution is 4.99. The zero-order chi connectivity index (χ0) is 12.3. The third-order valence-corrected chi connectivity index (χ3v) is 2.63. The summed E-state index contributed by atoms with van der Waals surface area (Å²) in [4.78, 5) is 3.63. The molecule has 0 saturated heterocycles. The highest BCUT2D eigenvalue weighted by atomic mass is 17.1. The highest BCUT2D eigenvalue weighted by Crippen LogP contribution is 2.25. The minimum Gasteiger partial charge on any atom is -0.387 e. The Morgan fingerprint density at radius 1 is 0.875 bits per heavy atom. The van der Waals surface area contributed by atoms with Crippen molar-refractivity contribution in [3.8, 4) is 0 Å². The Hall–Kier alpha value is -0.320. The molecule has 1 aliphatic carbocycles. The van der Waals surface area contributed by atoms with E-state index < -0.39 is 43.4 Å². The van der Waals surface area contributed by atoms with E-state index in [2.05, 4.69) is 4.89 Å². The van der Waals surface area contributed by atoms with Crippen LogP contribution in [0.15, 0.2) is 0 Å². The van der Waals surface area contributed by atoms with Crippen molar-refractivity contribution < 1.29 is 40.0 Å². The number of hydrogen-bond donors (Lipinski definition) is 5. The van der Waals surface area contributed by atoms with E-state index in [0.717, 1.165) is 0 Å². The second-order valence-electron chi connectivity index (χ2n) is 3.54. The van der Waals surface area contributed by atoms with Gasteiger partial charge < -0.3 is 29.9 Å². The molecule has 0 aromatic heterocycles. The molecule has 5 N–H and O–H groups in total. The van der Waals surface area contributed by atoms with E-state index in [-0.39, 0.29) is 0 Å². The average molecular weight is 240 g/mol. The summed E-state index contributed by atoms with van der Waals surface area (Å²) in [6, 6.07) is 0. The van der Waals surface area contributed by atoms with Crippen molar-refractivity contribution in [1.29, 1.82) is 0 Å². The molecule has 16 heavy (non-hydrogen) atoms. The number of aliphatic hydroxyl groups excluding tert-OH is 4. The Morgan fingerprint density at radius 3 is 1.69 bits per heavy atom. The lowest BCUT2D eigenvalue weighted by Crippen LogP contribution is -2.64. The van der Waals surface area contributed by atoms with Gasteiger partial charge in [-0.15, -0.1) is 0 Å². The van der Waals surface area contributed by atoms with Crippen molar-refractivity contribution in [1.82, 2.24) is 0 Å². The zero-order valence-electron chi connectivity index (χ0n) is 8.63. The van der Waals surface area contributed by atoms with Crippen molar-refractivity contribution in [3.63, 3.8) is 0 Å². The number of rotatable bonds is 4. The Labute approximate surface area is 91.5 Å². The van der Waals surface area contributed by atoms with Gasteiger partial charge in [-0.2, -0.15) is 0 Å². The fourth-order valence-electron chi connectivity index (χ4n) is 1.77. The molecule has 96 valence electrons. The molecule has 0 aromatic carbocycles. The second kappa shape index (κ2) is 5.84. The van der Waals surface area contributed by atoms with Crippen LogP contribution in [0, 0.1) is 0 Å². The number of methoxy groups -OCH3 is 1. The fourth-order valence-corrected chi connectivity index (χ4v) is 1.77. The lowest BCUT2D eigenvalue weighted by atomic mass is 9.85. The Kier molecular flexibility index (Phi) is 5.02. The standard InChI is InChI=1S/C8H16O8/c1-14-7-3(9)5(11)8(15-2-16-13)6(12)4(7)10/h3-13H,2H2,1H3. The van der Waals surface area contributed by atoms with Gasteiger partial charge in [-0.05, 0) is 0 Å². The second-order valence-corrected chi connectivity index (χ2v) is 3.54. The maximum absolute atomic E-state index is 9.59. The molecule has 0 amide bonds. The average Bonchev–Trinajstić information content (AvgIpc) is 2.27. The van der Waals surface area contributed by atoms with Crippen molar-refractivity contribution in [3.05, 3.63) is 0 Å². The van der Waals surface area contributed by atoms with Crippen LogP contribution in [0.5, 0.6) is 0 Å². The molecular formula is C8H16O8. The topological polar surface area (TPSA) is 129 Å². The highest BCUT2D eigenvalue weighted by Gasteiger charge is 2.49. The van der Waals surface area contributed by atoms with Gasteiger partial charge in [-0.25, -0.2) is 10.1 Å². The van der Waals surface area contributed by atoms with Gasteiger partial charge in [0.05, 0.1) is 0 Å². The molecule has 0 aromatic rings. The summed E-state index contributed by atoms with van der Waals surface area (Å²) in [5.41, 5.74) is 0. The molecule has 4 unspecified atom stereocenters. The number of aliphatic hydroxyl groups is 4. The molecule has 1 fully saturated rings. The maximum Gasteiger partial charge on any atom is 0.181 e. The van der Waals surface area contributed by atoms with Gasteiger partial charge in [0.1, 0.15) is 36.6 Å². The van der Waals surface area contributed by atoms with Crippen LogP contribution in [0.3, 0.4) is 0 Å². The summed E-state index contributed by atoms with van der Waals surface area (Å²) < 4.78 is 9.50. The van der Waals surface area contributed by atoms with Crippen LogP contribution >= 0.6 is 0 Å². The van der Waals surface area contributed by atoms with Crippen molar-refractivity contribution in [2.75, 3.05) is 13.9 Å². The molecule has 1 aliphatic rings. The maximum atomic E-state index is 9.59. The Bertz CT molecular complexity index is 196. The normalized spacial score (nSPS) is 44.6. The lowest BCUT2D eigenvalue weighted by Gasteiger charge is -2.42. The summed E-state index contributed by atoms with van der Waals surface area (Å²) in [6.07, 6.45) is -8.13. The molecule has 8 nitrogen and oxygen atoms in total. The van der Waals surface area contributed by atoms with Gasteiger partial charge >= 0.3 is 0 Å². The van der Waals surface area contributed by atoms with Crippen LogP contribution in [0.4, 0.5) is 0 Å². The summed E-state index contributed by atoms with van der Waals surface area (Å²) in [6.45, 7) is -0.601. The smallest absolute Gasteiger partial charge is 0.181 e. The first-order valence-corrected chi connectivity index (χ1v) is 4.67. The molecule has 8 heteroatoms. The van der Waals surface area contributed by atoms with Gasteiger partial charge in [0.15, 0.2) is 6.79 Å². The first-order chi connectivity index (χ1) is 7.54. The first kappa shape index (κ1) is 13.7. The van der Waals surface area contributed by atoms with Crippen LogP contribution in [-0.2, 0) is 14.4 Å². The van der Waals surface area contributed by atoms with Crippen LogP contribution < -0.4 is 0 Å². The van der Waals surface area contributed by atoms with E-state index >= 15 is 0 Å². The molecule has 0 heterocycles. The van der Waals surface area contributed by atoms with E-state index in [1.165, 1.54) is 7.11 Å². The van der Waals surface area contributed by atoms with Crippen LogP contribution in [0.2, 0.25) is 0 Å². The van der Waals surface area contributed by atoms with Crippen molar-refractivity contribution in [2.45, 2.75) is 36.6 Å². The quantitative estimate of drug-likeness (QED) is 0.204. The van der Waals surface area contributed by atoms with E-state index in [9.17, 15) is 20.4 Å². The van der Waals surface area contributed by atoms with E-state index in [4.69, 9.17) is 14.7 Å². The molecule has 0 radical (unpaired) electrons.